The lowest BCUT2D eigenvalue weighted by Crippen LogP contribution is -2.19. The van der Waals surface area contributed by atoms with E-state index in [1.54, 1.807) is 0 Å². The van der Waals surface area contributed by atoms with Gasteiger partial charge in [0.05, 0.1) is 0 Å². The summed E-state index contributed by atoms with van der Waals surface area (Å²) < 4.78 is 17.3. The molecule has 2 aromatic rings. The fraction of sp³-hybridized carbons (Fsp3) is 0.368. The summed E-state index contributed by atoms with van der Waals surface area (Å²) in [4.78, 5) is 2.17. The Hall–Kier alpha value is -2.20. The third-order valence-electron chi connectivity index (χ3n) is 3.88. The zero-order chi connectivity index (χ0) is 16.2. The maximum Gasteiger partial charge on any atom is 0.231 e. The van der Waals surface area contributed by atoms with E-state index in [-0.39, 0.29) is 12.9 Å². The summed E-state index contributed by atoms with van der Waals surface area (Å²) in [6.07, 6.45) is 0.883. The van der Waals surface area contributed by atoms with Gasteiger partial charge in [-0.25, -0.2) is 0 Å². The fourth-order valence-corrected chi connectivity index (χ4v) is 2.69. The van der Waals surface area contributed by atoms with Gasteiger partial charge in [0, 0.05) is 13.0 Å². The molecule has 0 saturated heterocycles. The molecule has 0 bridgehead atoms. The molecular formula is C19H23NO3. The van der Waals surface area contributed by atoms with E-state index >= 15 is 0 Å². The Labute approximate surface area is 137 Å². The maximum absolute atomic E-state index is 6.32. The highest BCUT2D eigenvalue weighted by Gasteiger charge is 2.22. The highest BCUT2D eigenvalue weighted by atomic mass is 16.7. The van der Waals surface area contributed by atoms with Crippen molar-refractivity contribution in [3.8, 4) is 17.2 Å². The number of rotatable bonds is 6. The Kier molecular flexibility index (Phi) is 4.72. The summed E-state index contributed by atoms with van der Waals surface area (Å²) in [5.74, 6) is 2.19. The molecule has 3 rings (SSSR count). The van der Waals surface area contributed by atoms with Crippen LogP contribution < -0.4 is 14.2 Å². The summed E-state index contributed by atoms with van der Waals surface area (Å²) in [6, 6.07) is 14.2. The Morgan fingerprint density at radius 1 is 1.13 bits per heavy atom. The lowest BCUT2D eigenvalue weighted by Gasteiger charge is -2.22. The van der Waals surface area contributed by atoms with Crippen LogP contribution in [-0.4, -0.2) is 32.3 Å². The van der Waals surface area contributed by atoms with Crippen LogP contribution in [-0.2, 0) is 0 Å². The lowest BCUT2D eigenvalue weighted by molar-refractivity contribution is 0.153. The predicted octanol–water partition coefficient (Wildman–Crippen LogP) is 3.80. The molecule has 0 amide bonds. The second-order valence-corrected chi connectivity index (χ2v) is 6.10. The molecule has 1 atom stereocenters. The van der Waals surface area contributed by atoms with E-state index in [1.165, 1.54) is 11.1 Å². The van der Waals surface area contributed by atoms with Gasteiger partial charge in [-0.1, -0.05) is 35.9 Å². The third kappa shape index (κ3) is 3.77. The van der Waals surface area contributed by atoms with Gasteiger partial charge < -0.3 is 19.1 Å². The van der Waals surface area contributed by atoms with Gasteiger partial charge in [0.2, 0.25) is 12.5 Å². The molecule has 4 heteroatoms. The minimum absolute atomic E-state index is 0.0204. The minimum atomic E-state index is -0.0204. The van der Waals surface area contributed by atoms with Crippen molar-refractivity contribution in [3.05, 3.63) is 53.6 Å². The number of para-hydroxylation sites is 1. The molecule has 0 N–H and O–H groups in total. The Bertz CT molecular complexity index is 669. The monoisotopic (exact) mass is 313 g/mol. The van der Waals surface area contributed by atoms with E-state index in [9.17, 15) is 0 Å². The van der Waals surface area contributed by atoms with Crippen LogP contribution >= 0.6 is 0 Å². The van der Waals surface area contributed by atoms with E-state index in [0.717, 1.165) is 24.5 Å². The molecule has 0 fully saturated rings. The molecule has 4 nitrogen and oxygen atoms in total. The van der Waals surface area contributed by atoms with Gasteiger partial charge in [0.1, 0.15) is 6.10 Å². The van der Waals surface area contributed by atoms with Crippen molar-refractivity contribution in [1.29, 1.82) is 0 Å². The molecule has 1 aliphatic heterocycles. The molecular weight excluding hydrogens is 290 g/mol. The summed E-state index contributed by atoms with van der Waals surface area (Å²) in [7, 11) is 4.15. The highest BCUT2D eigenvalue weighted by Crippen LogP contribution is 2.42. The molecule has 1 aliphatic rings. The number of hydrogen-bond acceptors (Lipinski definition) is 4. The summed E-state index contributed by atoms with van der Waals surface area (Å²) in [6.45, 7) is 3.30. The highest BCUT2D eigenvalue weighted by molar-refractivity contribution is 5.52. The minimum Gasteiger partial charge on any atom is -0.482 e. The van der Waals surface area contributed by atoms with Crippen molar-refractivity contribution < 1.29 is 14.2 Å². The third-order valence-corrected chi connectivity index (χ3v) is 3.88. The molecule has 0 radical (unpaired) electrons. The van der Waals surface area contributed by atoms with Gasteiger partial charge in [0.15, 0.2) is 11.5 Å². The fourth-order valence-electron chi connectivity index (χ4n) is 2.69. The molecule has 23 heavy (non-hydrogen) atoms. The van der Waals surface area contributed by atoms with Gasteiger partial charge in [-0.2, -0.15) is 0 Å². The first-order valence-electron chi connectivity index (χ1n) is 7.90. The van der Waals surface area contributed by atoms with Gasteiger partial charge in [-0.15, -0.1) is 0 Å². The molecule has 122 valence electrons. The summed E-state index contributed by atoms with van der Waals surface area (Å²) >= 11 is 0. The number of ether oxygens (including phenoxy) is 3. The number of nitrogens with zero attached hydrogens (tertiary/aromatic N) is 1. The molecule has 0 aromatic heterocycles. The second-order valence-electron chi connectivity index (χ2n) is 6.10. The van der Waals surface area contributed by atoms with E-state index in [2.05, 4.69) is 50.2 Å². The maximum atomic E-state index is 6.32. The SMILES string of the molecule is Cc1cccc(C(CCN(C)C)Oc2cccc3c2OCO3)c1. The van der Waals surface area contributed by atoms with Crippen LogP contribution in [0.15, 0.2) is 42.5 Å². The Morgan fingerprint density at radius 2 is 1.96 bits per heavy atom. The quantitative estimate of drug-likeness (QED) is 0.812. The van der Waals surface area contributed by atoms with Gasteiger partial charge >= 0.3 is 0 Å². The van der Waals surface area contributed by atoms with Gasteiger partial charge in [-0.05, 0) is 38.7 Å². The Balaban J connectivity index is 1.85. The number of aryl methyl sites for hydroxylation is 1. The van der Waals surface area contributed by atoms with Crippen molar-refractivity contribution in [2.45, 2.75) is 19.4 Å². The number of hydrogen-bond donors (Lipinski definition) is 0. The molecule has 1 unspecified atom stereocenters. The second kappa shape index (κ2) is 6.92. The largest absolute Gasteiger partial charge is 0.482 e. The lowest BCUT2D eigenvalue weighted by atomic mass is 10.0. The zero-order valence-corrected chi connectivity index (χ0v) is 13.9. The molecule has 0 aliphatic carbocycles. The number of fused-ring (bicyclic) bond motifs is 1. The molecule has 2 aromatic carbocycles. The van der Waals surface area contributed by atoms with E-state index in [0.29, 0.717) is 5.75 Å². The van der Waals surface area contributed by atoms with E-state index < -0.39 is 0 Å². The zero-order valence-electron chi connectivity index (χ0n) is 13.9. The Morgan fingerprint density at radius 3 is 2.74 bits per heavy atom. The average Bonchev–Trinajstić information content (AvgIpc) is 3.00. The summed E-state index contributed by atoms with van der Waals surface area (Å²) in [5, 5.41) is 0. The molecule has 0 saturated carbocycles. The summed E-state index contributed by atoms with van der Waals surface area (Å²) in [5.41, 5.74) is 2.42. The van der Waals surface area contributed by atoms with Crippen LogP contribution in [0.1, 0.15) is 23.7 Å². The van der Waals surface area contributed by atoms with Crippen molar-refractivity contribution >= 4 is 0 Å². The van der Waals surface area contributed by atoms with Gasteiger partial charge in [-0.3, -0.25) is 0 Å². The van der Waals surface area contributed by atoms with E-state index in [4.69, 9.17) is 14.2 Å². The first-order valence-corrected chi connectivity index (χ1v) is 7.90. The van der Waals surface area contributed by atoms with E-state index in [1.807, 2.05) is 18.2 Å². The van der Waals surface area contributed by atoms with Crippen LogP contribution in [0.5, 0.6) is 17.2 Å². The van der Waals surface area contributed by atoms with Crippen molar-refractivity contribution in [1.82, 2.24) is 4.90 Å². The van der Waals surface area contributed by atoms with Crippen molar-refractivity contribution in [3.63, 3.8) is 0 Å². The van der Waals surface area contributed by atoms with Crippen molar-refractivity contribution in [2.75, 3.05) is 27.4 Å². The van der Waals surface area contributed by atoms with Crippen LogP contribution in [0.2, 0.25) is 0 Å². The van der Waals surface area contributed by atoms with Crippen LogP contribution in [0.3, 0.4) is 0 Å². The first kappa shape index (κ1) is 15.7. The smallest absolute Gasteiger partial charge is 0.231 e. The normalized spacial score (nSPS) is 14.1. The average molecular weight is 313 g/mol. The van der Waals surface area contributed by atoms with Gasteiger partial charge in [0.25, 0.3) is 0 Å². The van der Waals surface area contributed by atoms with Crippen LogP contribution in [0.25, 0.3) is 0 Å². The number of benzene rings is 2. The molecule has 0 spiro atoms. The predicted molar refractivity (Wildman–Crippen MR) is 90.3 cm³/mol. The van der Waals surface area contributed by atoms with Crippen LogP contribution in [0, 0.1) is 6.92 Å². The van der Waals surface area contributed by atoms with Crippen molar-refractivity contribution in [2.24, 2.45) is 0 Å². The van der Waals surface area contributed by atoms with Crippen LogP contribution in [0.4, 0.5) is 0 Å². The molecule has 1 heterocycles. The first-order chi connectivity index (χ1) is 11.1. The topological polar surface area (TPSA) is 30.9 Å². The standard InChI is InChI=1S/C19H23NO3/c1-14-6-4-7-15(12-14)16(10-11-20(2)3)23-18-9-5-8-17-19(18)22-13-21-17/h4-9,12,16H,10-11,13H2,1-3H3.